The van der Waals surface area contributed by atoms with Gasteiger partial charge in [0.05, 0.1) is 5.69 Å². The molecule has 0 aliphatic carbocycles. The summed E-state index contributed by atoms with van der Waals surface area (Å²) in [6.07, 6.45) is 1.70. The molecule has 1 amide bonds. The fraction of sp³-hybridized carbons (Fsp3) is 0.385. The van der Waals surface area contributed by atoms with Crippen LogP contribution in [-0.4, -0.2) is 18.2 Å². The van der Waals surface area contributed by atoms with E-state index in [1.807, 2.05) is 6.92 Å². The Morgan fingerprint density at radius 1 is 1.47 bits per heavy atom. The van der Waals surface area contributed by atoms with Crippen molar-refractivity contribution in [3.63, 3.8) is 0 Å². The third-order valence-corrected chi connectivity index (χ3v) is 3.11. The van der Waals surface area contributed by atoms with Crippen LogP contribution < -0.4 is 4.90 Å². The first kappa shape index (κ1) is 12.1. The highest BCUT2D eigenvalue weighted by molar-refractivity contribution is 6.31. The maximum absolute atomic E-state index is 11.9. The van der Waals surface area contributed by atoms with E-state index in [-0.39, 0.29) is 11.7 Å². The molecule has 0 spiro atoms. The first-order valence-electron chi connectivity index (χ1n) is 5.76. The van der Waals surface area contributed by atoms with Crippen molar-refractivity contribution in [2.24, 2.45) is 0 Å². The number of hydrogen-bond acceptors (Lipinski definition) is 2. The number of rotatable bonds is 2. The Kier molecular flexibility index (Phi) is 3.48. The van der Waals surface area contributed by atoms with Crippen LogP contribution in [0.15, 0.2) is 18.2 Å². The second-order valence-corrected chi connectivity index (χ2v) is 4.57. The summed E-state index contributed by atoms with van der Waals surface area (Å²) in [5.74, 6) is 0.131. The zero-order valence-electron chi connectivity index (χ0n) is 9.70. The maximum atomic E-state index is 11.9. The molecule has 90 valence electrons. The van der Waals surface area contributed by atoms with Crippen LogP contribution in [0.5, 0.6) is 0 Å². The van der Waals surface area contributed by atoms with Crippen LogP contribution in [0.3, 0.4) is 0 Å². The Morgan fingerprint density at radius 2 is 2.24 bits per heavy atom. The second-order valence-electron chi connectivity index (χ2n) is 4.13. The molecular weight excluding hydrogens is 238 g/mol. The van der Waals surface area contributed by atoms with Gasteiger partial charge in [-0.2, -0.15) is 0 Å². The summed E-state index contributed by atoms with van der Waals surface area (Å²) in [7, 11) is 0. The fourth-order valence-electron chi connectivity index (χ4n) is 2.04. The maximum Gasteiger partial charge on any atom is 0.226 e. The van der Waals surface area contributed by atoms with Crippen LogP contribution in [-0.2, 0) is 4.79 Å². The molecule has 0 saturated heterocycles. The largest absolute Gasteiger partial charge is 0.311 e. The number of halogens is 1. The molecule has 3 nitrogen and oxygen atoms in total. The molecule has 1 aromatic carbocycles. The van der Waals surface area contributed by atoms with Crippen molar-refractivity contribution in [3.05, 3.63) is 28.8 Å². The van der Waals surface area contributed by atoms with E-state index in [1.54, 1.807) is 23.1 Å². The lowest BCUT2D eigenvalue weighted by Gasteiger charge is -2.28. The van der Waals surface area contributed by atoms with Crippen LogP contribution in [0.2, 0.25) is 5.02 Å². The molecule has 0 bridgehead atoms. The minimum Gasteiger partial charge on any atom is -0.311 e. The summed E-state index contributed by atoms with van der Waals surface area (Å²) in [6.45, 7) is 2.45. The van der Waals surface area contributed by atoms with Crippen molar-refractivity contribution >= 4 is 29.0 Å². The molecular formula is C13H14ClNO2. The number of fused-ring (bicyclic) bond motifs is 1. The van der Waals surface area contributed by atoms with Gasteiger partial charge in [0.25, 0.3) is 0 Å². The van der Waals surface area contributed by atoms with E-state index in [0.717, 1.165) is 6.42 Å². The quantitative estimate of drug-likeness (QED) is 0.810. The van der Waals surface area contributed by atoms with Crippen molar-refractivity contribution in [3.8, 4) is 0 Å². The lowest BCUT2D eigenvalue weighted by atomic mass is 10.00. The molecule has 1 aromatic rings. The van der Waals surface area contributed by atoms with Gasteiger partial charge in [0.2, 0.25) is 5.91 Å². The number of hydrogen-bond donors (Lipinski definition) is 0. The number of nitrogens with zero attached hydrogens (tertiary/aromatic N) is 1. The number of ketones is 1. The van der Waals surface area contributed by atoms with E-state index < -0.39 is 0 Å². The summed E-state index contributed by atoms with van der Waals surface area (Å²) in [6, 6.07) is 5.11. The number of carbonyl (C=O) groups excluding carboxylic acids is 2. The van der Waals surface area contributed by atoms with Crippen LogP contribution in [0, 0.1) is 0 Å². The van der Waals surface area contributed by atoms with E-state index in [9.17, 15) is 9.59 Å². The van der Waals surface area contributed by atoms with Gasteiger partial charge < -0.3 is 4.90 Å². The average molecular weight is 252 g/mol. The molecule has 1 aliphatic heterocycles. The Labute approximate surface area is 105 Å². The SMILES string of the molecule is CCCC(=O)N1CCC(=O)c2cc(Cl)ccc21. The number of amides is 1. The van der Waals surface area contributed by atoms with Crippen LogP contribution in [0.4, 0.5) is 5.69 Å². The smallest absolute Gasteiger partial charge is 0.226 e. The highest BCUT2D eigenvalue weighted by Gasteiger charge is 2.26. The standard InChI is InChI=1S/C13H14ClNO2/c1-2-3-13(17)15-7-6-12(16)10-8-9(14)4-5-11(10)15/h4-5,8H,2-3,6-7H2,1H3. The van der Waals surface area contributed by atoms with Gasteiger partial charge in [-0.15, -0.1) is 0 Å². The molecule has 0 atom stereocenters. The predicted molar refractivity (Wildman–Crippen MR) is 67.7 cm³/mol. The third kappa shape index (κ3) is 2.34. The number of carbonyl (C=O) groups is 2. The third-order valence-electron chi connectivity index (χ3n) is 2.88. The normalized spacial score (nSPS) is 14.7. The van der Waals surface area contributed by atoms with Gasteiger partial charge in [0.1, 0.15) is 0 Å². The molecule has 0 unspecified atom stereocenters. The van der Waals surface area contributed by atoms with Gasteiger partial charge in [-0.3, -0.25) is 9.59 Å². The number of anilines is 1. The van der Waals surface area contributed by atoms with Gasteiger partial charge in [0.15, 0.2) is 5.78 Å². The highest BCUT2D eigenvalue weighted by atomic mass is 35.5. The molecule has 17 heavy (non-hydrogen) atoms. The van der Waals surface area contributed by atoms with Crippen LogP contribution in [0.1, 0.15) is 36.5 Å². The summed E-state index contributed by atoms with van der Waals surface area (Å²) in [5.41, 5.74) is 1.26. The second kappa shape index (κ2) is 4.88. The average Bonchev–Trinajstić information content (AvgIpc) is 2.30. The monoisotopic (exact) mass is 251 g/mol. The zero-order chi connectivity index (χ0) is 12.4. The van der Waals surface area contributed by atoms with Crippen LogP contribution in [0.25, 0.3) is 0 Å². The first-order valence-corrected chi connectivity index (χ1v) is 6.14. The molecule has 2 rings (SSSR count). The number of benzene rings is 1. The molecule has 0 saturated carbocycles. The van der Waals surface area contributed by atoms with Crippen molar-refractivity contribution in [2.45, 2.75) is 26.2 Å². The lowest BCUT2D eigenvalue weighted by molar-refractivity contribution is -0.118. The minimum absolute atomic E-state index is 0.0584. The zero-order valence-corrected chi connectivity index (χ0v) is 10.5. The van der Waals surface area contributed by atoms with E-state index in [1.165, 1.54) is 0 Å². The Balaban J connectivity index is 2.39. The Hall–Kier alpha value is -1.35. The summed E-state index contributed by atoms with van der Waals surface area (Å²) < 4.78 is 0. The van der Waals surface area contributed by atoms with E-state index in [0.29, 0.717) is 35.7 Å². The topological polar surface area (TPSA) is 37.4 Å². The van der Waals surface area contributed by atoms with E-state index in [4.69, 9.17) is 11.6 Å². The van der Waals surface area contributed by atoms with Crippen molar-refractivity contribution in [1.82, 2.24) is 0 Å². The van der Waals surface area contributed by atoms with Crippen molar-refractivity contribution in [2.75, 3.05) is 11.4 Å². The van der Waals surface area contributed by atoms with Crippen molar-refractivity contribution < 1.29 is 9.59 Å². The minimum atomic E-state index is 0.0584. The van der Waals surface area contributed by atoms with Gasteiger partial charge in [-0.1, -0.05) is 18.5 Å². The number of Topliss-reactive ketones (excluding diaryl/α,β-unsaturated/α-hetero) is 1. The van der Waals surface area contributed by atoms with Gasteiger partial charge in [0, 0.05) is 30.0 Å². The Bertz CT molecular complexity index is 470. The van der Waals surface area contributed by atoms with Crippen molar-refractivity contribution in [1.29, 1.82) is 0 Å². The lowest BCUT2D eigenvalue weighted by Crippen LogP contribution is -2.37. The molecule has 4 heteroatoms. The predicted octanol–water partition coefficient (Wildman–Crippen LogP) is 3.06. The van der Waals surface area contributed by atoms with E-state index in [2.05, 4.69) is 0 Å². The van der Waals surface area contributed by atoms with Gasteiger partial charge in [-0.05, 0) is 24.6 Å². The summed E-state index contributed by atoms with van der Waals surface area (Å²) in [5, 5.41) is 0.530. The molecule has 0 N–H and O–H groups in total. The molecule has 1 aliphatic rings. The van der Waals surface area contributed by atoms with Gasteiger partial charge in [-0.25, -0.2) is 0 Å². The van der Waals surface area contributed by atoms with E-state index >= 15 is 0 Å². The summed E-state index contributed by atoms with van der Waals surface area (Å²) in [4.78, 5) is 25.4. The van der Waals surface area contributed by atoms with Gasteiger partial charge >= 0.3 is 0 Å². The Morgan fingerprint density at radius 3 is 2.94 bits per heavy atom. The first-order chi connectivity index (χ1) is 8.13. The highest BCUT2D eigenvalue weighted by Crippen LogP contribution is 2.30. The summed E-state index contributed by atoms with van der Waals surface area (Å²) >= 11 is 5.87. The fourth-order valence-corrected chi connectivity index (χ4v) is 2.22. The molecule has 1 heterocycles. The van der Waals surface area contributed by atoms with Crippen LogP contribution >= 0.6 is 11.6 Å². The molecule has 0 fully saturated rings. The molecule has 0 radical (unpaired) electrons. The molecule has 0 aromatic heterocycles.